The Hall–Kier alpha value is -3.04. The average Bonchev–Trinajstić information content (AvgIpc) is 2.94. The largest absolute Gasteiger partial charge is 0.335 e. The lowest BCUT2D eigenvalue weighted by Crippen LogP contribution is -2.40. The van der Waals surface area contributed by atoms with Crippen LogP contribution in [0.15, 0.2) is 58.5 Å². The number of aryl methyl sites for hydroxylation is 1. The number of halogens is 1. The van der Waals surface area contributed by atoms with Crippen molar-refractivity contribution in [3.05, 3.63) is 87.1 Å². The molecule has 0 unspecified atom stereocenters. The minimum atomic E-state index is -0.382. The van der Waals surface area contributed by atoms with Gasteiger partial charge in [-0.1, -0.05) is 82.8 Å². The van der Waals surface area contributed by atoms with Gasteiger partial charge >= 0.3 is 0 Å². The summed E-state index contributed by atoms with van der Waals surface area (Å²) in [5.41, 5.74) is 3.20. The first-order chi connectivity index (χ1) is 19.2. The van der Waals surface area contributed by atoms with E-state index in [1.165, 1.54) is 29.5 Å². The van der Waals surface area contributed by atoms with E-state index in [2.05, 4.69) is 66.9 Å². The van der Waals surface area contributed by atoms with E-state index in [0.29, 0.717) is 42.0 Å². The van der Waals surface area contributed by atoms with Crippen LogP contribution in [0.2, 0.25) is 0 Å². The Morgan fingerprint density at radius 1 is 0.950 bits per heavy atom. The zero-order valence-corrected chi connectivity index (χ0v) is 25.2. The van der Waals surface area contributed by atoms with Gasteiger partial charge in [0.25, 0.3) is 5.56 Å². The first-order valence-electron chi connectivity index (χ1n) is 14.2. The van der Waals surface area contributed by atoms with Crippen LogP contribution in [0.5, 0.6) is 0 Å². The van der Waals surface area contributed by atoms with Gasteiger partial charge in [0.05, 0.1) is 0 Å². The Bertz CT molecular complexity index is 1270. The molecule has 1 amide bonds. The van der Waals surface area contributed by atoms with Crippen LogP contribution in [0.25, 0.3) is 0 Å². The highest BCUT2D eigenvalue weighted by atomic mass is 32.2. The summed E-state index contributed by atoms with van der Waals surface area (Å²) >= 11 is 1.32. The van der Waals surface area contributed by atoms with Crippen LogP contribution in [0.1, 0.15) is 57.0 Å². The first kappa shape index (κ1) is 31.5. The molecule has 3 aromatic rings. The summed E-state index contributed by atoms with van der Waals surface area (Å²) < 4.78 is 14.9. The molecule has 0 saturated heterocycles. The van der Waals surface area contributed by atoms with Crippen molar-refractivity contribution in [3.8, 4) is 0 Å². The molecule has 0 aliphatic heterocycles. The second kappa shape index (κ2) is 15.7. The number of hydrogen-bond donors (Lipinski definition) is 0. The molecule has 0 N–H and O–H groups in total. The maximum Gasteiger partial charge on any atom is 0.295 e. The fourth-order valence-corrected chi connectivity index (χ4v) is 5.29. The van der Waals surface area contributed by atoms with Gasteiger partial charge in [0.1, 0.15) is 18.1 Å². The highest BCUT2D eigenvalue weighted by Crippen LogP contribution is 2.20. The van der Waals surface area contributed by atoms with E-state index in [1.807, 2.05) is 11.8 Å². The molecule has 0 spiro atoms. The van der Waals surface area contributed by atoms with Crippen molar-refractivity contribution in [2.24, 2.45) is 5.92 Å². The summed E-state index contributed by atoms with van der Waals surface area (Å²) in [6.07, 6.45) is 1.45. The Kier molecular flexibility index (Phi) is 12.3. The first-order valence-corrected chi connectivity index (χ1v) is 15.1. The Balaban J connectivity index is 1.83. The van der Waals surface area contributed by atoms with Gasteiger partial charge in [0.15, 0.2) is 5.16 Å². The lowest BCUT2D eigenvalue weighted by atomic mass is 10.0. The number of nitrogens with zero attached hydrogens (tertiary/aromatic N) is 5. The number of amides is 1. The molecule has 0 bridgehead atoms. The van der Waals surface area contributed by atoms with Gasteiger partial charge in [-0.05, 0) is 60.7 Å². The van der Waals surface area contributed by atoms with Crippen LogP contribution in [0.4, 0.5) is 4.39 Å². The Morgan fingerprint density at radius 2 is 1.57 bits per heavy atom. The van der Waals surface area contributed by atoms with Crippen molar-refractivity contribution in [2.75, 3.05) is 26.2 Å². The van der Waals surface area contributed by atoms with Gasteiger partial charge < -0.3 is 9.80 Å². The van der Waals surface area contributed by atoms with E-state index >= 15 is 0 Å². The quantitative estimate of drug-likeness (QED) is 0.235. The molecule has 1 aromatic heterocycles. The molecule has 1 heterocycles. The van der Waals surface area contributed by atoms with Gasteiger partial charge in [0.2, 0.25) is 5.91 Å². The highest BCUT2D eigenvalue weighted by Gasteiger charge is 2.19. The highest BCUT2D eigenvalue weighted by molar-refractivity contribution is 7.98. The Labute approximate surface area is 241 Å². The third-order valence-corrected chi connectivity index (χ3v) is 7.82. The van der Waals surface area contributed by atoms with Crippen LogP contribution in [-0.4, -0.2) is 56.7 Å². The molecule has 0 fully saturated rings. The second-order valence-corrected chi connectivity index (χ2v) is 11.3. The number of carbonyl (C=O) groups excluding carboxylic acids is 1. The van der Waals surface area contributed by atoms with Gasteiger partial charge in [-0.3, -0.25) is 9.59 Å². The maximum atomic E-state index is 13.8. The van der Waals surface area contributed by atoms with E-state index < -0.39 is 0 Å². The molecule has 2 aromatic carbocycles. The fourth-order valence-electron chi connectivity index (χ4n) is 4.40. The van der Waals surface area contributed by atoms with Crippen molar-refractivity contribution < 1.29 is 9.18 Å². The van der Waals surface area contributed by atoms with Gasteiger partial charge in [-0.25, -0.2) is 9.07 Å². The minimum Gasteiger partial charge on any atom is -0.335 e. The number of benzene rings is 2. The summed E-state index contributed by atoms with van der Waals surface area (Å²) in [7, 11) is 0. The van der Waals surface area contributed by atoms with Crippen molar-refractivity contribution in [1.29, 1.82) is 0 Å². The SMILES string of the molecule is CCc1nn(CC(=O)N(CCN(CC)CC)Cc2ccc(CC(C)C)cc2)c(SCc2ccc(F)cc2)nc1=O. The van der Waals surface area contributed by atoms with Gasteiger partial charge in [0, 0.05) is 25.4 Å². The van der Waals surface area contributed by atoms with Crippen LogP contribution in [0, 0.1) is 11.7 Å². The standard InChI is InChI=1S/C31H42FN5O2S/c1-6-28-30(39)33-31(40-22-26-13-15-27(32)16-14-26)37(34-28)21-29(38)36(18-17-35(7-2)8-3)20-25-11-9-24(10-12-25)19-23(4)5/h9-16,23H,6-8,17-22H2,1-5H3. The number of aromatic nitrogens is 3. The smallest absolute Gasteiger partial charge is 0.295 e. The van der Waals surface area contributed by atoms with Gasteiger partial charge in [-0.2, -0.15) is 10.1 Å². The van der Waals surface area contributed by atoms with Gasteiger partial charge in [-0.15, -0.1) is 0 Å². The predicted molar refractivity (Wildman–Crippen MR) is 160 cm³/mol. The number of rotatable bonds is 15. The number of thioether (sulfide) groups is 1. The molecular weight excluding hydrogens is 525 g/mol. The number of carbonyl (C=O) groups is 1. The van der Waals surface area contributed by atoms with Crippen LogP contribution in [-0.2, 0) is 36.5 Å². The summed E-state index contributed by atoms with van der Waals surface area (Å²) in [6.45, 7) is 14.2. The molecule has 0 saturated carbocycles. The van der Waals surface area contributed by atoms with E-state index in [-0.39, 0.29) is 23.8 Å². The predicted octanol–water partition coefficient (Wildman–Crippen LogP) is 5.20. The van der Waals surface area contributed by atoms with E-state index in [9.17, 15) is 14.0 Å². The molecule has 40 heavy (non-hydrogen) atoms. The summed E-state index contributed by atoms with van der Waals surface area (Å²) in [5, 5.41) is 4.89. The normalized spacial score (nSPS) is 11.4. The average molecular weight is 568 g/mol. The fraction of sp³-hybridized carbons (Fsp3) is 0.484. The molecule has 0 atom stereocenters. The van der Waals surface area contributed by atoms with E-state index in [4.69, 9.17) is 0 Å². The van der Waals surface area contributed by atoms with Crippen molar-refractivity contribution >= 4 is 17.7 Å². The van der Waals surface area contributed by atoms with Crippen LogP contribution < -0.4 is 5.56 Å². The minimum absolute atomic E-state index is 0.0181. The molecule has 9 heteroatoms. The lowest BCUT2D eigenvalue weighted by molar-refractivity contribution is -0.133. The lowest BCUT2D eigenvalue weighted by Gasteiger charge is -2.27. The zero-order valence-electron chi connectivity index (χ0n) is 24.4. The van der Waals surface area contributed by atoms with Crippen LogP contribution in [0.3, 0.4) is 0 Å². The summed E-state index contributed by atoms with van der Waals surface area (Å²) in [6, 6.07) is 14.7. The molecule has 0 aliphatic carbocycles. The Morgan fingerprint density at radius 3 is 2.17 bits per heavy atom. The number of hydrogen-bond acceptors (Lipinski definition) is 6. The molecule has 7 nitrogen and oxygen atoms in total. The van der Waals surface area contributed by atoms with E-state index in [1.54, 1.807) is 16.8 Å². The monoisotopic (exact) mass is 567 g/mol. The molecule has 0 radical (unpaired) electrons. The summed E-state index contributed by atoms with van der Waals surface area (Å²) in [4.78, 5) is 34.7. The van der Waals surface area contributed by atoms with Crippen molar-refractivity contribution in [3.63, 3.8) is 0 Å². The molecular formula is C31H42FN5O2S. The molecule has 3 rings (SSSR count). The molecule has 0 aliphatic rings. The second-order valence-electron chi connectivity index (χ2n) is 10.3. The van der Waals surface area contributed by atoms with Crippen LogP contribution >= 0.6 is 11.8 Å². The van der Waals surface area contributed by atoms with E-state index in [0.717, 1.165) is 37.2 Å². The summed E-state index contributed by atoms with van der Waals surface area (Å²) in [5.74, 6) is 0.673. The maximum absolute atomic E-state index is 13.8. The van der Waals surface area contributed by atoms with Crippen molar-refractivity contribution in [2.45, 2.75) is 71.5 Å². The number of likely N-dealkylation sites (N-methyl/N-ethyl adjacent to an activating group) is 1. The zero-order chi connectivity index (χ0) is 29.1. The third-order valence-electron chi connectivity index (χ3n) is 6.78. The molecule has 216 valence electrons. The third kappa shape index (κ3) is 9.55. The van der Waals surface area contributed by atoms with Crippen molar-refractivity contribution in [1.82, 2.24) is 24.6 Å². The topological polar surface area (TPSA) is 71.3 Å².